The Morgan fingerprint density at radius 2 is 1.54 bits per heavy atom. The maximum Gasteiger partial charge on any atom is 0.343 e. The van der Waals surface area contributed by atoms with E-state index < -0.39 is 11.6 Å². The molecule has 116 valence electrons. The van der Waals surface area contributed by atoms with E-state index in [1.165, 1.54) is 12.1 Å². The second-order valence-electron chi connectivity index (χ2n) is 5.41. The van der Waals surface area contributed by atoms with Crippen LogP contribution in [0.1, 0.15) is 10.4 Å². The van der Waals surface area contributed by atoms with Gasteiger partial charge >= 0.3 is 11.6 Å². The molecule has 0 spiro atoms. The van der Waals surface area contributed by atoms with Crippen molar-refractivity contribution in [2.75, 3.05) is 0 Å². The van der Waals surface area contributed by atoms with E-state index >= 15 is 0 Å². The van der Waals surface area contributed by atoms with Crippen LogP contribution in [0.5, 0.6) is 5.75 Å². The highest BCUT2D eigenvalue weighted by Crippen LogP contribution is 2.21. The molecule has 0 aliphatic heterocycles. The summed E-state index contributed by atoms with van der Waals surface area (Å²) in [5.74, 6) is -0.131. The zero-order chi connectivity index (χ0) is 16.5. The van der Waals surface area contributed by atoms with Crippen molar-refractivity contribution in [2.45, 2.75) is 0 Å². The van der Waals surface area contributed by atoms with Crippen molar-refractivity contribution in [3.63, 3.8) is 0 Å². The van der Waals surface area contributed by atoms with Gasteiger partial charge in [0.1, 0.15) is 11.3 Å². The lowest BCUT2D eigenvalue weighted by Gasteiger charge is -2.06. The number of carbonyl (C=O) groups excluding carboxylic acids is 1. The molecule has 1 heterocycles. The van der Waals surface area contributed by atoms with Gasteiger partial charge in [0.25, 0.3) is 0 Å². The minimum absolute atomic E-state index is 0.329. The number of carbonyl (C=O) groups is 1. The van der Waals surface area contributed by atoms with Crippen molar-refractivity contribution < 1.29 is 13.9 Å². The van der Waals surface area contributed by atoms with Crippen LogP contribution in [0.15, 0.2) is 82.0 Å². The van der Waals surface area contributed by atoms with Crippen LogP contribution in [0.25, 0.3) is 21.7 Å². The molecule has 3 aromatic carbocycles. The fourth-order valence-electron chi connectivity index (χ4n) is 2.59. The predicted octanol–water partition coefficient (Wildman–Crippen LogP) is 4.17. The van der Waals surface area contributed by atoms with Gasteiger partial charge in [-0.25, -0.2) is 9.59 Å². The number of ether oxygens (including phenoxy) is 1. The standard InChI is InChI=1S/C20H12O4/c21-19-10-8-14-7-9-17(12-18(14)24-19)23-20(22)16-6-5-13-3-1-2-4-15(13)11-16/h1-12H. The lowest BCUT2D eigenvalue weighted by Crippen LogP contribution is -2.08. The molecule has 4 heteroatoms. The largest absolute Gasteiger partial charge is 0.423 e. The fraction of sp³-hybridized carbons (Fsp3) is 0. The van der Waals surface area contributed by atoms with Crippen molar-refractivity contribution in [1.29, 1.82) is 0 Å². The molecule has 0 bridgehead atoms. The highest BCUT2D eigenvalue weighted by atomic mass is 16.5. The van der Waals surface area contributed by atoms with Gasteiger partial charge in [0.2, 0.25) is 0 Å². The first-order valence-electron chi connectivity index (χ1n) is 7.44. The summed E-state index contributed by atoms with van der Waals surface area (Å²) in [6, 6.07) is 21.1. The molecule has 0 aliphatic carbocycles. The van der Waals surface area contributed by atoms with Crippen molar-refractivity contribution in [1.82, 2.24) is 0 Å². The quantitative estimate of drug-likeness (QED) is 0.316. The summed E-state index contributed by atoms with van der Waals surface area (Å²) in [6.07, 6.45) is 0. The average Bonchev–Trinajstić information content (AvgIpc) is 2.61. The molecule has 0 unspecified atom stereocenters. The van der Waals surface area contributed by atoms with Crippen molar-refractivity contribution >= 4 is 27.7 Å². The Hall–Kier alpha value is -3.40. The zero-order valence-corrected chi connectivity index (χ0v) is 12.6. The number of hydrogen-bond acceptors (Lipinski definition) is 4. The maximum absolute atomic E-state index is 12.3. The van der Waals surface area contributed by atoms with Crippen molar-refractivity contribution in [2.24, 2.45) is 0 Å². The van der Waals surface area contributed by atoms with Gasteiger partial charge in [0.15, 0.2) is 0 Å². The van der Waals surface area contributed by atoms with Crippen LogP contribution in [-0.4, -0.2) is 5.97 Å². The first kappa shape index (κ1) is 14.2. The molecule has 0 radical (unpaired) electrons. The second-order valence-corrected chi connectivity index (χ2v) is 5.41. The van der Waals surface area contributed by atoms with E-state index in [4.69, 9.17) is 9.15 Å². The first-order chi connectivity index (χ1) is 11.7. The summed E-state index contributed by atoms with van der Waals surface area (Å²) >= 11 is 0. The van der Waals surface area contributed by atoms with Crippen LogP contribution in [0.4, 0.5) is 0 Å². The Balaban J connectivity index is 1.66. The molecule has 4 aromatic rings. The monoisotopic (exact) mass is 316 g/mol. The summed E-state index contributed by atoms with van der Waals surface area (Å²) in [6.45, 7) is 0. The topological polar surface area (TPSA) is 56.5 Å². The number of benzene rings is 3. The highest BCUT2D eigenvalue weighted by molar-refractivity contribution is 5.96. The van der Waals surface area contributed by atoms with E-state index in [1.54, 1.807) is 30.3 Å². The summed E-state index contributed by atoms with van der Waals surface area (Å²) < 4.78 is 10.5. The lowest BCUT2D eigenvalue weighted by atomic mass is 10.1. The maximum atomic E-state index is 12.3. The van der Waals surface area contributed by atoms with Gasteiger partial charge in [-0.3, -0.25) is 0 Å². The molecule has 0 aliphatic rings. The Kier molecular flexibility index (Phi) is 3.35. The molecular weight excluding hydrogens is 304 g/mol. The molecule has 24 heavy (non-hydrogen) atoms. The van der Waals surface area contributed by atoms with Gasteiger partial charge in [0.05, 0.1) is 5.56 Å². The van der Waals surface area contributed by atoms with E-state index in [0.29, 0.717) is 16.9 Å². The third-order valence-corrected chi connectivity index (χ3v) is 3.79. The van der Waals surface area contributed by atoms with E-state index in [2.05, 4.69) is 0 Å². The number of rotatable bonds is 2. The molecule has 0 N–H and O–H groups in total. The Labute approximate surface area is 136 Å². The van der Waals surface area contributed by atoms with Crippen LogP contribution >= 0.6 is 0 Å². The normalized spacial score (nSPS) is 10.8. The number of fused-ring (bicyclic) bond motifs is 2. The molecule has 0 atom stereocenters. The van der Waals surface area contributed by atoms with Crippen LogP contribution in [0.3, 0.4) is 0 Å². The Morgan fingerprint density at radius 3 is 2.42 bits per heavy atom. The number of esters is 1. The van der Waals surface area contributed by atoms with Crippen molar-refractivity contribution in [3.8, 4) is 5.75 Å². The van der Waals surface area contributed by atoms with E-state index in [1.807, 2.05) is 30.3 Å². The molecule has 0 saturated carbocycles. The van der Waals surface area contributed by atoms with Gasteiger partial charge in [-0.05, 0) is 41.1 Å². The van der Waals surface area contributed by atoms with Gasteiger partial charge < -0.3 is 9.15 Å². The minimum atomic E-state index is -0.460. The smallest absolute Gasteiger partial charge is 0.343 e. The van der Waals surface area contributed by atoms with Gasteiger partial charge in [-0.2, -0.15) is 0 Å². The molecule has 1 aromatic heterocycles. The summed E-state index contributed by atoms with van der Waals surface area (Å²) in [5, 5.41) is 2.79. The van der Waals surface area contributed by atoms with Crippen LogP contribution in [0, 0.1) is 0 Å². The van der Waals surface area contributed by atoms with Gasteiger partial charge in [-0.1, -0.05) is 30.3 Å². The Bertz CT molecular complexity index is 1120. The molecule has 0 amide bonds. The fourth-order valence-corrected chi connectivity index (χ4v) is 2.59. The molecule has 4 nitrogen and oxygen atoms in total. The molecule has 0 saturated heterocycles. The lowest BCUT2D eigenvalue weighted by molar-refractivity contribution is 0.0735. The van der Waals surface area contributed by atoms with E-state index in [0.717, 1.165) is 16.2 Å². The molecular formula is C20H12O4. The van der Waals surface area contributed by atoms with E-state index in [-0.39, 0.29) is 0 Å². The third kappa shape index (κ3) is 2.65. The van der Waals surface area contributed by atoms with E-state index in [9.17, 15) is 9.59 Å². The summed E-state index contributed by atoms with van der Waals surface area (Å²) in [7, 11) is 0. The summed E-state index contributed by atoms with van der Waals surface area (Å²) in [5.41, 5.74) is 0.398. The highest BCUT2D eigenvalue weighted by Gasteiger charge is 2.10. The van der Waals surface area contributed by atoms with Crippen molar-refractivity contribution in [3.05, 3.63) is 88.8 Å². The predicted molar refractivity (Wildman–Crippen MR) is 91.4 cm³/mol. The second kappa shape index (κ2) is 5.66. The average molecular weight is 316 g/mol. The molecule has 0 fully saturated rings. The zero-order valence-electron chi connectivity index (χ0n) is 12.6. The molecule has 4 rings (SSSR count). The summed E-state index contributed by atoms with van der Waals surface area (Å²) in [4.78, 5) is 23.6. The van der Waals surface area contributed by atoms with Gasteiger partial charge in [-0.15, -0.1) is 0 Å². The minimum Gasteiger partial charge on any atom is -0.423 e. The third-order valence-electron chi connectivity index (χ3n) is 3.79. The SMILES string of the molecule is O=C(Oc1ccc2ccc(=O)oc2c1)c1ccc2ccccc2c1. The van der Waals surface area contributed by atoms with Crippen LogP contribution in [-0.2, 0) is 0 Å². The Morgan fingerprint density at radius 1 is 0.792 bits per heavy atom. The first-order valence-corrected chi connectivity index (χ1v) is 7.44. The van der Waals surface area contributed by atoms with Crippen LogP contribution < -0.4 is 10.4 Å². The van der Waals surface area contributed by atoms with Crippen LogP contribution in [0.2, 0.25) is 0 Å². The number of hydrogen-bond donors (Lipinski definition) is 0. The van der Waals surface area contributed by atoms with Gasteiger partial charge in [0, 0.05) is 17.5 Å².